The van der Waals surface area contributed by atoms with E-state index in [2.05, 4.69) is 18.9 Å². The Balaban J connectivity index is -0.000000270. The Morgan fingerprint density at radius 2 is 1.33 bits per heavy atom. The van der Waals surface area contributed by atoms with Crippen LogP contribution in [0.3, 0.4) is 0 Å². The Kier molecular flexibility index (Phi) is 15.4. The topological polar surface area (TPSA) is 161 Å². The third-order valence-electron chi connectivity index (χ3n) is 1.99. The number of nitrogens with two attached hydrogens (primary N) is 2. The maximum atomic E-state index is 10.5. The zero-order valence-electron chi connectivity index (χ0n) is 12.1. The number of hydrogen-bond acceptors (Lipinski definition) is 4. The van der Waals surface area contributed by atoms with Crippen LogP contribution in [0.4, 0.5) is 0 Å². The summed E-state index contributed by atoms with van der Waals surface area (Å²) >= 11 is 0. The molecule has 0 aliphatic carbocycles. The number of carboxylic acid groups (broad SMARTS) is 2. The molecule has 8 heteroatoms. The standard InChI is InChI=1S/C7H13NO3.C3H5NO.C3H4O2/c1-4(6(8)9)3-5(2)7(10)11;2*1-2-3(4)5/h4-5H,3H2,1-2H3,(H2,8,9)(H,10,11);2H,1H2,(H2,4,5);2H,1H2,(H,4,5). The third kappa shape index (κ3) is 22.9. The molecular formula is C13H22N2O6. The number of carboxylic acids is 2. The van der Waals surface area contributed by atoms with Gasteiger partial charge in [0.15, 0.2) is 0 Å². The second-order valence-corrected chi connectivity index (χ2v) is 3.93. The van der Waals surface area contributed by atoms with E-state index >= 15 is 0 Å². The number of carbonyl (C=O) groups excluding carboxylic acids is 2. The van der Waals surface area contributed by atoms with Crippen LogP contribution in [0, 0.1) is 11.8 Å². The van der Waals surface area contributed by atoms with E-state index in [0.29, 0.717) is 6.42 Å². The third-order valence-corrected chi connectivity index (χ3v) is 1.99. The van der Waals surface area contributed by atoms with Crippen molar-refractivity contribution < 1.29 is 29.4 Å². The monoisotopic (exact) mass is 302 g/mol. The van der Waals surface area contributed by atoms with Gasteiger partial charge >= 0.3 is 11.9 Å². The van der Waals surface area contributed by atoms with Crippen molar-refractivity contribution in [3.05, 3.63) is 25.3 Å². The molecule has 0 rings (SSSR count). The molecule has 120 valence electrons. The predicted octanol–water partition coefficient (Wildman–Crippen LogP) is 0.133. The Hall–Kier alpha value is -2.64. The molecule has 0 bridgehead atoms. The summed E-state index contributed by atoms with van der Waals surface area (Å²) in [6.45, 7) is 9.23. The van der Waals surface area contributed by atoms with Gasteiger partial charge in [0.25, 0.3) is 0 Å². The smallest absolute Gasteiger partial charge is 0.327 e. The number of rotatable bonds is 6. The molecule has 8 nitrogen and oxygen atoms in total. The highest BCUT2D eigenvalue weighted by Crippen LogP contribution is 2.10. The van der Waals surface area contributed by atoms with Gasteiger partial charge in [0.05, 0.1) is 5.92 Å². The molecule has 0 spiro atoms. The summed E-state index contributed by atoms with van der Waals surface area (Å²) in [5.41, 5.74) is 9.49. The zero-order valence-corrected chi connectivity index (χ0v) is 12.1. The first-order valence-electron chi connectivity index (χ1n) is 5.78. The zero-order chi connectivity index (χ0) is 17.6. The predicted molar refractivity (Wildman–Crippen MR) is 77.0 cm³/mol. The molecule has 0 aromatic heterocycles. The van der Waals surface area contributed by atoms with Gasteiger partial charge in [-0.25, -0.2) is 4.79 Å². The van der Waals surface area contributed by atoms with Crippen molar-refractivity contribution in [3.8, 4) is 0 Å². The molecule has 0 aliphatic rings. The lowest BCUT2D eigenvalue weighted by Crippen LogP contribution is -2.24. The van der Waals surface area contributed by atoms with Crippen molar-refractivity contribution >= 4 is 23.8 Å². The molecule has 21 heavy (non-hydrogen) atoms. The molecule has 0 aliphatic heterocycles. The van der Waals surface area contributed by atoms with Crippen molar-refractivity contribution in [2.75, 3.05) is 0 Å². The van der Waals surface area contributed by atoms with E-state index in [0.717, 1.165) is 12.2 Å². The molecule has 2 amide bonds. The van der Waals surface area contributed by atoms with Crippen LogP contribution >= 0.6 is 0 Å². The van der Waals surface area contributed by atoms with Gasteiger partial charge in [0, 0.05) is 12.0 Å². The van der Waals surface area contributed by atoms with Gasteiger partial charge in [0.1, 0.15) is 0 Å². The summed E-state index contributed by atoms with van der Waals surface area (Å²) in [6, 6.07) is 0. The molecule has 0 aromatic carbocycles. The summed E-state index contributed by atoms with van der Waals surface area (Å²) in [5.74, 6) is -3.66. The maximum absolute atomic E-state index is 10.5. The van der Waals surface area contributed by atoms with Gasteiger partial charge in [-0.3, -0.25) is 14.4 Å². The highest BCUT2D eigenvalue weighted by Gasteiger charge is 2.17. The minimum Gasteiger partial charge on any atom is -0.481 e. The van der Waals surface area contributed by atoms with E-state index in [-0.39, 0.29) is 5.92 Å². The first-order chi connectivity index (χ1) is 9.49. The van der Waals surface area contributed by atoms with E-state index in [4.69, 9.17) is 15.9 Å². The fourth-order valence-electron chi connectivity index (χ4n) is 0.747. The fraction of sp³-hybridized carbons (Fsp3) is 0.385. The lowest BCUT2D eigenvalue weighted by atomic mass is 9.97. The number of primary amides is 2. The van der Waals surface area contributed by atoms with Crippen LogP contribution in [0.25, 0.3) is 0 Å². The van der Waals surface area contributed by atoms with Gasteiger partial charge in [0.2, 0.25) is 11.8 Å². The molecule has 0 saturated carbocycles. The van der Waals surface area contributed by atoms with Crippen LogP contribution in [0.5, 0.6) is 0 Å². The minimum absolute atomic E-state index is 0.310. The van der Waals surface area contributed by atoms with Crippen molar-refractivity contribution in [1.82, 2.24) is 0 Å². The van der Waals surface area contributed by atoms with Crippen molar-refractivity contribution in [3.63, 3.8) is 0 Å². The molecule has 0 saturated heterocycles. The first kappa shape index (κ1) is 23.5. The van der Waals surface area contributed by atoms with Gasteiger partial charge < -0.3 is 21.7 Å². The highest BCUT2D eigenvalue weighted by molar-refractivity contribution is 5.85. The Morgan fingerprint density at radius 3 is 1.48 bits per heavy atom. The summed E-state index contributed by atoms with van der Waals surface area (Å²) in [5, 5.41) is 16.1. The van der Waals surface area contributed by atoms with Crippen LogP contribution in [-0.2, 0) is 19.2 Å². The van der Waals surface area contributed by atoms with Gasteiger partial charge in [-0.2, -0.15) is 0 Å². The summed E-state index contributed by atoms with van der Waals surface area (Å²) in [4.78, 5) is 39.5. The Labute approximate surface area is 123 Å². The van der Waals surface area contributed by atoms with Gasteiger partial charge in [-0.15, -0.1) is 0 Å². The second kappa shape index (κ2) is 13.8. The maximum Gasteiger partial charge on any atom is 0.327 e. The van der Waals surface area contributed by atoms with Crippen molar-refractivity contribution in [2.24, 2.45) is 23.3 Å². The van der Waals surface area contributed by atoms with Crippen LogP contribution < -0.4 is 11.5 Å². The summed E-state index contributed by atoms with van der Waals surface area (Å²) in [6.07, 6.45) is 2.20. The minimum atomic E-state index is -0.981. The molecule has 2 atom stereocenters. The molecule has 2 unspecified atom stereocenters. The average molecular weight is 302 g/mol. The number of amides is 2. The van der Waals surface area contributed by atoms with Crippen LogP contribution in [0.15, 0.2) is 25.3 Å². The molecule has 0 radical (unpaired) electrons. The van der Waals surface area contributed by atoms with Crippen LogP contribution in [0.1, 0.15) is 20.3 Å². The number of hydrogen-bond donors (Lipinski definition) is 4. The van der Waals surface area contributed by atoms with Crippen molar-refractivity contribution in [2.45, 2.75) is 20.3 Å². The van der Waals surface area contributed by atoms with E-state index in [1.807, 2.05) is 0 Å². The van der Waals surface area contributed by atoms with Crippen LogP contribution in [-0.4, -0.2) is 34.0 Å². The summed E-state index contributed by atoms with van der Waals surface area (Å²) in [7, 11) is 0. The van der Waals surface area contributed by atoms with Crippen molar-refractivity contribution in [1.29, 1.82) is 0 Å². The number of carbonyl (C=O) groups is 4. The van der Waals surface area contributed by atoms with Crippen LogP contribution in [0.2, 0.25) is 0 Å². The Bertz CT molecular complexity index is 356. The molecule has 0 fully saturated rings. The molecule has 0 heterocycles. The molecule has 0 aromatic rings. The average Bonchev–Trinajstić information content (AvgIpc) is 2.39. The Morgan fingerprint density at radius 1 is 1.00 bits per heavy atom. The van der Waals surface area contributed by atoms with E-state index in [9.17, 15) is 19.2 Å². The largest absolute Gasteiger partial charge is 0.481 e. The van der Waals surface area contributed by atoms with E-state index in [1.165, 1.54) is 0 Å². The van der Waals surface area contributed by atoms with E-state index in [1.54, 1.807) is 13.8 Å². The second-order valence-electron chi connectivity index (χ2n) is 3.93. The lowest BCUT2D eigenvalue weighted by Gasteiger charge is -2.09. The van der Waals surface area contributed by atoms with Gasteiger partial charge in [-0.1, -0.05) is 27.0 Å². The first-order valence-corrected chi connectivity index (χ1v) is 5.78. The lowest BCUT2D eigenvalue weighted by molar-refractivity contribution is -0.142. The normalized spacial score (nSPS) is 11.1. The number of aliphatic carboxylic acids is 2. The van der Waals surface area contributed by atoms with Gasteiger partial charge in [-0.05, 0) is 12.5 Å². The summed E-state index contributed by atoms with van der Waals surface area (Å²) < 4.78 is 0. The van der Waals surface area contributed by atoms with E-state index < -0.39 is 29.7 Å². The quantitative estimate of drug-likeness (QED) is 0.510. The fourth-order valence-corrected chi connectivity index (χ4v) is 0.747. The molecular weight excluding hydrogens is 280 g/mol. The SMILES string of the molecule is C=CC(=O)O.C=CC(N)=O.CC(CC(C)C(=O)O)C(N)=O. The molecule has 6 N–H and O–H groups in total. The highest BCUT2D eigenvalue weighted by atomic mass is 16.4.